The van der Waals surface area contributed by atoms with E-state index in [-0.39, 0.29) is 0 Å². The molecule has 0 saturated heterocycles. The van der Waals surface area contributed by atoms with Gasteiger partial charge in [0.25, 0.3) is 0 Å². The van der Waals surface area contributed by atoms with Crippen molar-refractivity contribution in [2.75, 3.05) is 0 Å². The Bertz CT molecular complexity index is 4920. The normalized spacial score (nSPS) is 11.3. The summed E-state index contributed by atoms with van der Waals surface area (Å²) in [4.78, 5) is 15.9. The van der Waals surface area contributed by atoms with Crippen LogP contribution in [0.1, 0.15) is 11.1 Å². The maximum absolute atomic E-state index is 11.0. The topological polar surface area (TPSA) is 96.1 Å². The van der Waals surface area contributed by atoms with Crippen LogP contribution in [-0.2, 0) is 0 Å². The molecule has 0 atom stereocenters. The van der Waals surface area contributed by atoms with E-state index in [1.54, 1.807) is 0 Å². The monoisotopic (exact) mass is 1070 g/mol. The predicted molar refractivity (Wildman–Crippen MR) is 341 cm³/mol. The lowest BCUT2D eigenvalue weighted by Crippen LogP contribution is -2.03. The molecule has 0 saturated carbocycles. The van der Waals surface area contributed by atoms with Crippen molar-refractivity contribution >= 4 is 43.6 Å². The van der Waals surface area contributed by atoms with Crippen LogP contribution in [0.15, 0.2) is 285 Å². The van der Waals surface area contributed by atoms with Crippen LogP contribution < -0.4 is 0 Å². The fourth-order valence-corrected chi connectivity index (χ4v) is 11.9. The summed E-state index contributed by atoms with van der Waals surface area (Å²) in [5.74, 6) is 1.45. The van der Waals surface area contributed by atoms with Crippen molar-refractivity contribution in [3.8, 4) is 113 Å². The van der Waals surface area contributed by atoms with E-state index in [2.05, 4.69) is 209 Å². The molecule has 0 radical (unpaired) electrons. The molecule has 0 fully saturated rings. The Kier molecular flexibility index (Phi) is 12.2. The van der Waals surface area contributed by atoms with Crippen molar-refractivity contribution in [3.63, 3.8) is 0 Å². The third-order valence-corrected chi connectivity index (χ3v) is 16.1. The second-order valence-corrected chi connectivity index (χ2v) is 21.0. The van der Waals surface area contributed by atoms with E-state index in [1.807, 2.05) is 97.1 Å². The molecule has 390 valence electrons. The van der Waals surface area contributed by atoms with Crippen LogP contribution in [0, 0.1) is 22.7 Å². The molecule has 3 aromatic heterocycles. The minimum absolute atomic E-state index is 0.458. The summed E-state index contributed by atoms with van der Waals surface area (Å²) in [7, 11) is 0. The van der Waals surface area contributed by atoms with Crippen LogP contribution in [0.2, 0.25) is 0 Å². The first kappa shape index (κ1) is 49.3. The highest BCUT2D eigenvalue weighted by Crippen LogP contribution is 2.43. The Hall–Kier alpha value is -11.8. The molecular formula is C77H47N7. The van der Waals surface area contributed by atoms with Gasteiger partial charge in [0.05, 0.1) is 50.6 Å². The molecule has 0 bridgehead atoms. The summed E-state index contributed by atoms with van der Waals surface area (Å²) < 4.78 is 4.57. The quantitative estimate of drug-likeness (QED) is 0.136. The van der Waals surface area contributed by atoms with Crippen molar-refractivity contribution in [3.05, 3.63) is 296 Å². The van der Waals surface area contributed by atoms with Gasteiger partial charge in [0, 0.05) is 43.8 Å². The van der Waals surface area contributed by atoms with Gasteiger partial charge < -0.3 is 9.13 Å². The minimum Gasteiger partial charge on any atom is -0.309 e. The number of aromatic nitrogens is 5. The molecule has 0 aliphatic rings. The second-order valence-electron chi connectivity index (χ2n) is 21.0. The van der Waals surface area contributed by atoms with E-state index < -0.39 is 0 Å². The average molecular weight is 1070 g/mol. The van der Waals surface area contributed by atoms with E-state index in [1.165, 1.54) is 0 Å². The molecule has 7 heteroatoms. The van der Waals surface area contributed by atoms with Crippen molar-refractivity contribution in [2.24, 2.45) is 0 Å². The van der Waals surface area contributed by atoms with Gasteiger partial charge in [-0.05, 0) is 135 Å². The van der Waals surface area contributed by atoms with Gasteiger partial charge in [0.15, 0.2) is 17.5 Å². The van der Waals surface area contributed by atoms with Crippen LogP contribution in [0.25, 0.3) is 145 Å². The molecule has 84 heavy (non-hydrogen) atoms. The highest BCUT2D eigenvalue weighted by atomic mass is 15.0. The molecule has 15 rings (SSSR count). The fourth-order valence-electron chi connectivity index (χ4n) is 11.9. The summed E-state index contributed by atoms with van der Waals surface area (Å²) >= 11 is 0. The first-order chi connectivity index (χ1) is 41.5. The second kappa shape index (κ2) is 20.7. The van der Waals surface area contributed by atoms with Crippen molar-refractivity contribution in [1.82, 2.24) is 24.1 Å². The van der Waals surface area contributed by atoms with Gasteiger partial charge in [0.2, 0.25) is 0 Å². The summed E-state index contributed by atoms with van der Waals surface area (Å²) in [5.41, 5.74) is 20.0. The van der Waals surface area contributed by atoms with E-state index in [4.69, 9.17) is 15.0 Å². The van der Waals surface area contributed by atoms with Gasteiger partial charge in [-0.3, -0.25) is 0 Å². The first-order valence-electron chi connectivity index (χ1n) is 27.9. The van der Waals surface area contributed by atoms with E-state index in [9.17, 15) is 10.5 Å². The summed E-state index contributed by atoms with van der Waals surface area (Å²) in [6, 6.07) is 104. The molecular weight excluding hydrogens is 1020 g/mol. The molecule has 0 spiro atoms. The predicted octanol–water partition coefficient (Wildman–Crippen LogP) is 19.1. The molecule has 0 N–H and O–H groups in total. The van der Waals surface area contributed by atoms with Crippen molar-refractivity contribution in [2.45, 2.75) is 0 Å². The number of rotatable bonds is 10. The minimum atomic E-state index is 0.458. The van der Waals surface area contributed by atoms with Gasteiger partial charge in [-0.15, -0.1) is 0 Å². The standard InChI is InChI=1S/C77H47N7/c78-48-50-26-28-55(29-27-50)64-37-32-62(47-74(64)84-71-40-35-59(53-20-10-3-11-21-53)44-67(71)68-45-60(36-41-72(68)84)54-22-12-4-13-23-54)77-81-75(56-24-14-5-15-25-56)80-76(82-77)61-30-31-63(49-79)73(46-61)83-69-38-33-57(51-16-6-1-7-17-51)42-65(69)66-43-58(34-39-70(66)83)52-18-8-2-9-19-52/h1-47H. The van der Waals surface area contributed by atoms with E-state index >= 15 is 0 Å². The Morgan fingerprint density at radius 3 is 0.952 bits per heavy atom. The summed E-state index contributed by atoms with van der Waals surface area (Å²) in [5, 5.41) is 25.2. The average Bonchev–Trinajstić information content (AvgIpc) is 2.30. The number of hydrogen-bond donors (Lipinski definition) is 0. The highest BCUT2D eigenvalue weighted by molar-refractivity contribution is 6.13. The number of nitriles is 2. The molecule has 12 aromatic carbocycles. The molecule has 0 aliphatic heterocycles. The third-order valence-electron chi connectivity index (χ3n) is 16.1. The zero-order valence-corrected chi connectivity index (χ0v) is 45.3. The Morgan fingerprint density at radius 1 is 0.250 bits per heavy atom. The highest BCUT2D eigenvalue weighted by Gasteiger charge is 2.23. The molecule has 0 aliphatic carbocycles. The number of benzene rings is 12. The van der Waals surface area contributed by atoms with E-state index in [0.717, 1.165) is 122 Å². The lowest BCUT2D eigenvalue weighted by atomic mass is 9.99. The molecule has 0 amide bonds. The Morgan fingerprint density at radius 2 is 0.571 bits per heavy atom. The molecule has 0 unspecified atom stereocenters. The summed E-state index contributed by atoms with van der Waals surface area (Å²) in [6.45, 7) is 0. The molecule has 3 heterocycles. The van der Waals surface area contributed by atoms with Gasteiger partial charge >= 0.3 is 0 Å². The number of hydrogen-bond acceptors (Lipinski definition) is 5. The van der Waals surface area contributed by atoms with Gasteiger partial charge in [-0.25, -0.2) is 15.0 Å². The van der Waals surface area contributed by atoms with Gasteiger partial charge in [-0.2, -0.15) is 10.5 Å². The molecule has 7 nitrogen and oxygen atoms in total. The van der Waals surface area contributed by atoms with Crippen LogP contribution in [0.3, 0.4) is 0 Å². The lowest BCUT2D eigenvalue weighted by Gasteiger charge is -2.17. The Balaban J connectivity index is 0.942. The largest absolute Gasteiger partial charge is 0.309 e. The van der Waals surface area contributed by atoms with Gasteiger partial charge in [0.1, 0.15) is 6.07 Å². The molecule has 15 aromatic rings. The van der Waals surface area contributed by atoms with Gasteiger partial charge in [-0.1, -0.05) is 200 Å². The smallest absolute Gasteiger partial charge is 0.164 e. The third kappa shape index (κ3) is 8.74. The summed E-state index contributed by atoms with van der Waals surface area (Å²) in [6.07, 6.45) is 0. The zero-order chi connectivity index (χ0) is 56.1. The maximum atomic E-state index is 11.0. The fraction of sp³-hybridized carbons (Fsp3) is 0. The number of nitrogens with zero attached hydrogens (tertiary/aromatic N) is 7. The Labute approximate surface area is 485 Å². The van der Waals surface area contributed by atoms with Crippen molar-refractivity contribution < 1.29 is 0 Å². The van der Waals surface area contributed by atoms with E-state index in [0.29, 0.717) is 34.3 Å². The number of fused-ring (bicyclic) bond motifs is 6. The lowest BCUT2D eigenvalue weighted by molar-refractivity contribution is 1.07. The maximum Gasteiger partial charge on any atom is 0.164 e. The van der Waals surface area contributed by atoms with Crippen LogP contribution in [-0.4, -0.2) is 24.1 Å². The van der Waals surface area contributed by atoms with Crippen molar-refractivity contribution in [1.29, 1.82) is 10.5 Å². The SMILES string of the molecule is N#Cc1ccc(-c2ccc(-c3nc(-c4ccccc4)nc(-c4ccc(C#N)c(-n5c6ccc(-c7ccccc7)cc6c6cc(-c7ccccc7)ccc65)c4)n3)cc2-n2c3ccc(-c4ccccc4)cc3c3cc(-c4ccccc4)ccc32)cc1. The zero-order valence-electron chi connectivity index (χ0n) is 45.3. The van der Waals surface area contributed by atoms with Crippen LogP contribution >= 0.6 is 0 Å². The van der Waals surface area contributed by atoms with Crippen LogP contribution in [0.4, 0.5) is 0 Å². The van der Waals surface area contributed by atoms with Crippen LogP contribution in [0.5, 0.6) is 0 Å². The first-order valence-corrected chi connectivity index (χ1v) is 27.9.